The van der Waals surface area contributed by atoms with Gasteiger partial charge in [0, 0.05) is 0 Å². The number of carbonyl (C=O) groups excluding carboxylic acids is 1. The molecule has 2 nitrogen and oxygen atoms in total. The SMILES string of the molecule is CCCCCC1(CCC)C(=O)NC(C)(C)c2ccc(C)cc21. The first-order chi connectivity index (χ1) is 10.4. The Morgan fingerprint density at radius 2 is 1.73 bits per heavy atom. The molecule has 0 saturated carbocycles. The summed E-state index contributed by atoms with van der Waals surface area (Å²) >= 11 is 0. The van der Waals surface area contributed by atoms with Crippen LogP contribution in [0.2, 0.25) is 0 Å². The number of nitrogens with one attached hydrogen (secondary N) is 1. The van der Waals surface area contributed by atoms with Crippen LogP contribution in [0.4, 0.5) is 0 Å². The lowest BCUT2D eigenvalue weighted by Crippen LogP contribution is -2.57. The van der Waals surface area contributed by atoms with Crippen molar-refractivity contribution < 1.29 is 4.79 Å². The highest BCUT2D eigenvalue weighted by molar-refractivity contribution is 5.91. The second-order valence-electron chi connectivity index (χ2n) is 7.42. The second-order valence-corrected chi connectivity index (χ2v) is 7.42. The topological polar surface area (TPSA) is 29.1 Å². The van der Waals surface area contributed by atoms with Crippen LogP contribution in [0.5, 0.6) is 0 Å². The predicted octanol–water partition coefficient (Wildman–Crippen LogP) is 4.98. The van der Waals surface area contributed by atoms with Gasteiger partial charge >= 0.3 is 0 Å². The summed E-state index contributed by atoms with van der Waals surface area (Å²) in [7, 11) is 0. The minimum atomic E-state index is -0.333. The van der Waals surface area contributed by atoms with Crippen molar-refractivity contribution in [1.82, 2.24) is 5.32 Å². The van der Waals surface area contributed by atoms with E-state index in [1.54, 1.807) is 0 Å². The average molecular weight is 301 g/mol. The Bertz CT molecular complexity index is 547. The van der Waals surface area contributed by atoms with E-state index in [4.69, 9.17) is 0 Å². The van der Waals surface area contributed by atoms with Gasteiger partial charge in [0.15, 0.2) is 0 Å². The van der Waals surface area contributed by atoms with Crippen molar-refractivity contribution >= 4 is 5.91 Å². The van der Waals surface area contributed by atoms with E-state index in [1.165, 1.54) is 29.5 Å². The van der Waals surface area contributed by atoms with Gasteiger partial charge in [-0.05, 0) is 44.7 Å². The number of fused-ring (bicyclic) bond motifs is 1. The van der Waals surface area contributed by atoms with E-state index in [1.807, 2.05) is 0 Å². The molecule has 0 spiro atoms. The molecule has 122 valence electrons. The molecule has 1 aliphatic heterocycles. The Morgan fingerprint density at radius 1 is 1.00 bits per heavy atom. The van der Waals surface area contributed by atoms with Gasteiger partial charge in [0.05, 0.1) is 11.0 Å². The summed E-state index contributed by atoms with van der Waals surface area (Å²) in [6, 6.07) is 6.65. The minimum Gasteiger partial charge on any atom is -0.346 e. The van der Waals surface area contributed by atoms with Crippen LogP contribution in [-0.4, -0.2) is 5.91 Å². The van der Waals surface area contributed by atoms with Crippen molar-refractivity contribution in [3.05, 3.63) is 34.9 Å². The Morgan fingerprint density at radius 3 is 2.36 bits per heavy atom. The van der Waals surface area contributed by atoms with Gasteiger partial charge < -0.3 is 5.32 Å². The molecular weight excluding hydrogens is 270 g/mol. The van der Waals surface area contributed by atoms with E-state index >= 15 is 0 Å². The third-order valence-electron chi connectivity index (χ3n) is 5.11. The van der Waals surface area contributed by atoms with E-state index in [0.29, 0.717) is 0 Å². The molecule has 0 radical (unpaired) electrons. The zero-order chi connectivity index (χ0) is 16.4. The van der Waals surface area contributed by atoms with Crippen LogP contribution in [-0.2, 0) is 15.7 Å². The maximum Gasteiger partial charge on any atom is 0.231 e. The highest BCUT2D eigenvalue weighted by atomic mass is 16.2. The molecule has 1 aromatic rings. The maximum absolute atomic E-state index is 13.1. The fourth-order valence-electron chi connectivity index (χ4n) is 3.92. The summed E-state index contributed by atoms with van der Waals surface area (Å²) < 4.78 is 0. The van der Waals surface area contributed by atoms with Crippen molar-refractivity contribution in [1.29, 1.82) is 0 Å². The van der Waals surface area contributed by atoms with E-state index < -0.39 is 0 Å². The van der Waals surface area contributed by atoms with Crippen molar-refractivity contribution in [2.75, 3.05) is 0 Å². The normalized spacial score (nSPS) is 23.0. The summed E-state index contributed by atoms with van der Waals surface area (Å²) in [5, 5.41) is 3.29. The van der Waals surface area contributed by atoms with Gasteiger partial charge in [0.25, 0.3) is 0 Å². The summed E-state index contributed by atoms with van der Waals surface area (Å²) in [6.45, 7) is 10.8. The Kier molecular flexibility index (Phi) is 4.99. The Labute approximate surface area is 135 Å². The van der Waals surface area contributed by atoms with Crippen LogP contribution in [0.15, 0.2) is 18.2 Å². The molecule has 1 unspecified atom stereocenters. The van der Waals surface area contributed by atoms with Gasteiger partial charge in [-0.25, -0.2) is 0 Å². The number of amides is 1. The third kappa shape index (κ3) is 2.93. The summed E-state index contributed by atoms with van der Waals surface area (Å²) in [5.41, 5.74) is 3.21. The zero-order valence-electron chi connectivity index (χ0n) is 14.9. The standard InChI is InChI=1S/C20H31NO/c1-6-8-9-13-20(12-7-2)17-14-15(3)10-11-16(17)19(4,5)21-18(20)22/h10-11,14H,6-9,12-13H2,1-5H3,(H,21,22). The first-order valence-corrected chi connectivity index (χ1v) is 8.81. The molecule has 1 aliphatic rings. The molecule has 1 heterocycles. The van der Waals surface area contributed by atoms with Gasteiger partial charge in [-0.15, -0.1) is 0 Å². The van der Waals surface area contributed by atoms with Gasteiger partial charge in [0.1, 0.15) is 0 Å². The van der Waals surface area contributed by atoms with Crippen molar-refractivity contribution in [2.45, 2.75) is 84.1 Å². The highest BCUT2D eigenvalue weighted by Gasteiger charge is 2.47. The molecule has 0 fully saturated rings. The molecule has 0 aliphatic carbocycles. The first kappa shape index (κ1) is 17.1. The number of rotatable bonds is 6. The molecule has 0 aromatic heterocycles. The minimum absolute atomic E-state index is 0.230. The van der Waals surface area contributed by atoms with Gasteiger partial charge in [-0.2, -0.15) is 0 Å². The van der Waals surface area contributed by atoms with E-state index in [-0.39, 0.29) is 16.9 Å². The van der Waals surface area contributed by atoms with Gasteiger partial charge in [-0.3, -0.25) is 4.79 Å². The van der Waals surface area contributed by atoms with Crippen molar-refractivity contribution in [2.24, 2.45) is 0 Å². The Balaban J connectivity index is 2.56. The lowest BCUT2D eigenvalue weighted by atomic mass is 9.65. The molecular formula is C20H31NO. The highest BCUT2D eigenvalue weighted by Crippen LogP contribution is 2.44. The van der Waals surface area contributed by atoms with E-state index in [9.17, 15) is 4.79 Å². The number of carbonyl (C=O) groups is 1. The Hall–Kier alpha value is -1.31. The molecule has 2 heteroatoms. The fraction of sp³-hybridized carbons (Fsp3) is 0.650. The van der Waals surface area contributed by atoms with Crippen LogP contribution >= 0.6 is 0 Å². The van der Waals surface area contributed by atoms with Crippen LogP contribution in [0, 0.1) is 6.92 Å². The summed E-state index contributed by atoms with van der Waals surface area (Å²) in [4.78, 5) is 13.1. The largest absolute Gasteiger partial charge is 0.346 e. The molecule has 1 atom stereocenters. The van der Waals surface area contributed by atoms with Crippen LogP contribution < -0.4 is 5.32 Å². The summed E-state index contributed by atoms with van der Waals surface area (Å²) in [6.07, 6.45) is 6.45. The number of benzene rings is 1. The fourth-order valence-corrected chi connectivity index (χ4v) is 3.92. The van der Waals surface area contributed by atoms with Crippen LogP contribution in [0.3, 0.4) is 0 Å². The molecule has 2 rings (SSSR count). The van der Waals surface area contributed by atoms with E-state index in [0.717, 1.165) is 25.7 Å². The lowest BCUT2D eigenvalue weighted by molar-refractivity contribution is -0.130. The number of unbranched alkanes of at least 4 members (excludes halogenated alkanes) is 2. The monoisotopic (exact) mass is 301 g/mol. The molecule has 1 aromatic carbocycles. The number of hydrogen-bond acceptors (Lipinski definition) is 1. The number of aryl methyl sites for hydroxylation is 1. The quantitative estimate of drug-likeness (QED) is 0.738. The predicted molar refractivity (Wildman–Crippen MR) is 93.1 cm³/mol. The van der Waals surface area contributed by atoms with Gasteiger partial charge in [-0.1, -0.05) is 63.3 Å². The molecule has 22 heavy (non-hydrogen) atoms. The van der Waals surface area contributed by atoms with Crippen LogP contribution in [0.25, 0.3) is 0 Å². The molecule has 1 amide bonds. The third-order valence-corrected chi connectivity index (χ3v) is 5.11. The average Bonchev–Trinajstić information content (AvgIpc) is 2.44. The molecule has 0 saturated heterocycles. The van der Waals surface area contributed by atoms with Crippen molar-refractivity contribution in [3.63, 3.8) is 0 Å². The van der Waals surface area contributed by atoms with E-state index in [2.05, 4.69) is 58.1 Å². The second kappa shape index (κ2) is 6.44. The smallest absolute Gasteiger partial charge is 0.231 e. The van der Waals surface area contributed by atoms with Gasteiger partial charge in [0.2, 0.25) is 5.91 Å². The lowest BCUT2D eigenvalue weighted by Gasteiger charge is -2.45. The molecule has 1 N–H and O–H groups in total. The number of hydrogen-bond donors (Lipinski definition) is 1. The first-order valence-electron chi connectivity index (χ1n) is 8.81. The zero-order valence-corrected chi connectivity index (χ0v) is 14.9. The molecule has 0 bridgehead atoms. The van der Waals surface area contributed by atoms with Crippen LogP contribution in [0.1, 0.15) is 82.9 Å². The summed E-state index contributed by atoms with van der Waals surface area (Å²) in [5.74, 6) is 0.230. The van der Waals surface area contributed by atoms with Crippen molar-refractivity contribution in [3.8, 4) is 0 Å². The maximum atomic E-state index is 13.1.